The van der Waals surface area contributed by atoms with Gasteiger partial charge in [-0.25, -0.2) is 9.59 Å². The average Bonchev–Trinajstić information content (AvgIpc) is 2.13. The van der Waals surface area contributed by atoms with Crippen LogP contribution in [0.2, 0.25) is 0 Å². The number of allylic oxidation sites excluding steroid dienone is 1. The Morgan fingerprint density at radius 2 is 2.08 bits per heavy atom. The molecule has 0 saturated carbocycles. The van der Waals surface area contributed by atoms with E-state index >= 15 is 0 Å². The fourth-order valence-corrected chi connectivity index (χ4v) is 0.628. The summed E-state index contributed by atoms with van der Waals surface area (Å²) in [6.07, 6.45) is 0.768. The highest BCUT2D eigenvalue weighted by molar-refractivity contribution is 5.91. The lowest BCUT2D eigenvalue weighted by Crippen LogP contribution is -2.28. The normalized spacial score (nSPS) is 10.5. The first-order chi connectivity index (χ1) is 6.15. The number of alkyl carbamates (subject to hydrolysis) is 1. The summed E-state index contributed by atoms with van der Waals surface area (Å²) >= 11 is 0. The lowest BCUT2D eigenvalue weighted by atomic mass is 10.4. The summed E-state index contributed by atoms with van der Waals surface area (Å²) in [5.41, 5.74) is 0.0703. The van der Waals surface area contributed by atoms with Gasteiger partial charge in [0.2, 0.25) is 0 Å². The van der Waals surface area contributed by atoms with E-state index in [1.807, 2.05) is 0 Å². The minimum atomic E-state index is -0.666. The van der Waals surface area contributed by atoms with Crippen LogP contribution in [0.15, 0.2) is 11.8 Å². The smallest absolute Gasteiger partial charge is 0.411 e. The molecular weight excluding hydrogens is 174 g/mol. The minimum absolute atomic E-state index is 0.0703. The predicted octanol–water partition coefficient (Wildman–Crippen LogP) is 0.809. The molecule has 74 valence electrons. The van der Waals surface area contributed by atoms with Gasteiger partial charge < -0.3 is 9.47 Å². The van der Waals surface area contributed by atoms with Crippen molar-refractivity contribution in [1.82, 2.24) is 5.32 Å². The summed E-state index contributed by atoms with van der Waals surface area (Å²) in [5.74, 6) is -0.601. The first kappa shape index (κ1) is 11.5. The number of esters is 1. The van der Waals surface area contributed by atoms with Crippen molar-refractivity contribution in [2.24, 2.45) is 0 Å². The second-order valence-electron chi connectivity index (χ2n) is 2.04. The predicted molar refractivity (Wildman–Crippen MR) is 45.9 cm³/mol. The third kappa shape index (κ3) is 4.15. The Morgan fingerprint density at radius 3 is 2.46 bits per heavy atom. The van der Waals surface area contributed by atoms with Crippen LogP contribution in [0.5, 0.6) is 0 Å². The summed E-state index contributed by atoms with van der Waals surface area (Å²) in [6.45, 7) is 3.54. The SMILES string of the molecule is C/C=C(\NC(=O)OCC)C(=O)OC. The maximum absolute atomic E-state index is 10.9. The van der Waals surface area contributed by atoms with Gasteiger partial charge in [0.05, 0.1) is 13.7 Å². The largest absolute Gasteiger partial charge is 0.464 e. The Hall–Kier alpha value is -1.52. The Morgan fingerprint density at radius 1 is 1.46 bits per heavy atom. The summed E-state index contributed by atoms with van der Waals surface area (Å²) < 4.78 is 8.97. The molecule has 0 aliphatic carbocycles. The van der Waals surface area contributed by atoms with Crippen LogP contribution in [0, 0.1) is 0 Å². The number of carbonyl (C=O) groups excluding carboxylic acids is 2. The van der Waals surface area contributed by atoms with Crippen molar-refractivity contribution in [1.29, 1.82) is 0 Å². The second kappa shape index (κ2) is 6.05. The van der Waals surface area contributed by atoms with Crippen LogP contribution in [0.25, 0.3) is 0 Å². The van der Waals surface area contributed by atoms with Gasteiger partial charge in [-0.2, -0.15) is 0 Å². The van der Waals surface area contributed by atoms with E-state index in [4.69, 9.17) is 0 Å². The molecule has 0 aromatic carbocycles. The molecule has 5 nitrogen and oxygen atoms in total. The molecule has 0 aliphatic rings. The van der Waals surface area contributed by atoms with Gasteiger partial charge >= 0.3 is 12.1 Å². The topological polar surface area (TPSA) is 64.6 Å². The van der Waals surface area contributed by atoms with Crippen molar-refractivity contribution in [3.8, 4) is 0 Å². The van der Waals surface area contributed by atoms with Crippen LogP contribution in [0.3, 0.4) is 0 Å². The van der Waals surface area contributed by atoms with Crippen molar-refractivity contribution in [2.75, 3.05) is 13.7 Å². The van der Waals surface area contributed by atoms with Crippen LogP contribution >= 0.6 is 0 Å². The molecule has 0 unspecified atom stereocenters. The molecule has 0 aliphatic heterocycles. The van der Waals surface area contributed by atoms with E-state index in [1.165, 1.54) is 13.2 Å². The molecule has 5 heteroatoms. The Bertz CT molecular complexity index is 222. The lowest BCUT2D eigenvalue weighted by molar-refractivity contribution is -0.136. The number of ether oxygens (including phenoxy) is 2. The first-order valence-electron chi connectivity index (χ1n) is 3.84. The highest BCUT2D eigenvalue weighted by Crippen LogP contribution is 1.93. The summed E-state index contributed by atoms with van der Waals surface area (Å²) in [4.78, 5) is 21.8. The zero-order valence-corrected chi connectivity index (χ0v) is 7.92. The number of methoxy groups -OCH3 is 1. The number of amides is 1. The molecule has 0 fully saturated rings. The fraction of sp³-hybridized carbons (Fsp3) is 0.500. The quantitative estimate of drug-likeness (QED) is 0.524. The van der Waals surface area contributed by atoms with Crippen molar-refractivity contribution < 1.29 is 19.1 Å². The van der Waals surface area contributed by atoms with Gasteiger partial charge in [0, 0.05) is 0 Å². The second-order valence-corrected chi connectivity index (χ2v) is 2.04. The number of carbonyl (C=O) groups is 2. The summed E-state index contributed by atoms with van der Waals surface area (Å²) in [6, 6.07) is 0. The van der Waals surface area contributed by atoms with Crippen LogP contribution < -0.4 is 5.32 Å². The third-order valence-electron chi connectivity index (χ3n) is 1.21. The van der Waals surface area contributed by atoms with E-state index in [-0.39, 0.29) is 12.3 Å². The van der Waals surface area contributed by atoms with Crippen molar-refractivity contribution >= 4 is 12.1 Å². The van der Waals surface area contributed by atoms with Gasteiger partial charge in [0.1, 0.15) is 5.70 Å². The maximum atomic E-state index is 10.9. The fourth-order valence-electron chi connectivity index (χ4n) is 0.628. The van der Waals surface area contributed by atoms with E-state index in [9.17, 15) is 9.59 Å². The van der Waals surface area contributed by atoms with Crippen molar-refractivity contribution in [2.45, 2.75) is 13.8 Å². The maximum Gasteiger partial charge on any atom is 0.411 e. The number of nitrogens with one attached hydrogen (secondary N) is 1. The monoisotopic (exact) mass is 187 g/mol. The summed E-state index contributed by atoms with van der Waals surface area (Å²) in [7, 11) is 1.23. The van der Waals surface area contributed by atoms with E-state index in [0.29, 0.717) is 0 Å². The first-order valence-corrected chi connectivity index (χ1v) is 3.84. The molecule has 0 spiro atoms. The highest BCUT2D eigenvalue weighted by Gasteiger charge is 2.11. The molecule has 0 saturated heterocycles. The molecule has 1 amide bonds. The van der Waals surface area contributed by atoms with E-state index < -0.39 is 12.1 Å². The molecule has 13 heavy (non-hydrogen) atoms. The van der Waals surface area contributed by atoms with Crippen LogP contribution in [0.1, 0.15) is 13.8 Å². The molecule has 0 aromatic rings. The van der Waals surface area contributed by atoms with Gasteiger partial charge in [-0.05, 0) is 13.8 Å². The van der Waals surface area contributed by atoms with Gasteiger partial charge in [0.25, 0.3) is 0 Å². The van der Waals surface area contributed by atoms with Crippen LogP contribution in [-0.2, 0) is 14.3 Å². The average molecular weight is 187 g/mol. The van der Waals surface area contributed by atoms with E-state index in [2.05, 4.69) is 14.8 Å². The minimum Gasteiger partial charge on any atom is -0.464 e. The zero-order chi connectivity index (χ0) is 10.3. The summed E-state index contributed by atoms with van der Waals surface area (Å²) in [5, 5.41) is 2.24. The van der Waals surface area contributed by atoms with Gasteiger partial charge in [-0.3, -0.25) is 5.32 Å². The Kier molecular flexibility index (Phi) is 5.34. The van der Waals surface area contributed by atoms with Crippen molar-refractivity contribution in [3.63, 3.8) is 0 Å². The Labute approximate surface area is 76.7 Å². The van der Waals surface area contributed by atoms with Crippen molar-refractivity contribution in [3.05, 3.63) is 11.8 Å². The zero-order valence-electron chi connectivity index (χ0n) is 7.92. The third-order valence-corrected chi connectivity index (χ3v) is 1.21. The molecule has 0 rings (SSSR count). The van der Waals surface area contributed by atoms with E-state index in [1.54, 1.807) is 13.8 Å². The molecule has 0 aromatic heterocycles. The number of rotatable bonds is 3. The molecular formula is C8H13NO4. The number of hydrogen-bond acceptors (Lipinski definition) is 4. The lowest BCUT2D eigenvalue weighted by Gasteiger charge is -2.06. The van der Waals surface area contributed by atoms with Gasteiger partial charge in [-0.1, -0.05) is 6.08 Å². The van der Waals surface area contributed by atoms with Gasteiger partial charge in [-0.15, -0.1) is 0 Å². The molecule has 0 heterocycles. The van der Waals surface area contributed by atoms with Crippen LogP contribution in [0.4, 0.5) is 4.79 Å². The molecule has 0 atom stereocenters. The Balaban J connectivity index is 4.15. The standard InChI is InChI=1S/C8H13NO4/c1-4-6(7(10)12-3)9-8(11)13-5-2/h4H,5H2,1-3H3,(H,9,11)/b6-4-. The van der Waals surface area contributed by atoms with E-state index in [0.717, 1.165) is 0 Å². The molecule has 0 bridgehead atoms. The highest BCUT2D eigenvalue weighted by atomic mass is 16.6. The molecule has 1 N–H and O–H groups in total. The van der Waals surface area contributed by atoms with Crippen LogP contribution in [-0.4, -0.2) is 25.8 Å². The number of hydrogen-bond donors (Lipinski definition) is 1. The molecule has 0 radical (unpaired) electrons. The van der Waals surface area contributed by atoms with Gasteiger partial charge in [0.15, 0.2) is 0 Å².